The number of hydrogen-bond acceptors (Lipinski definition) is 4. The van der Waals surface area contributed by atoms with Gasteiger partial charge in [-0.3, -0.25) is 0 Å². The maximum Gasteiger partial charge on any atom is 0.259 e. The third kappa shape index (κ3) is 2.15. The minimum absolute atomic E-state index is 0.0118. The zero-order valence-electron chi connectivity index (χ0n) is 9.89. The maximum absolute atomic E-state index is 13.1. The number of nitrogens with zero attached hydrogens (tertiary/aromatic N) is 3. The SMILES string of the molecule is N#Cc1cc(-c2nc(-c3ccc(F)c(Cl)c3)no2)c[nH]1. The third-order valence-electron chi connectivity index (χ3n) is 2.65. The number of hydrogen-bond donors (Lipinski definition) is 1. The fourth-order valence-electron chi connectivity index (χ4n) is 1.68. The van der Waals surface area contributed by atoms with Crippen LogP contribution in [0.25, 0.3) is 22.8 Å². The van der Waals surface area contributed by atoms with Crippen molar-refractivity contribution in [2.45, 2.75) is 0 Å². The predicted molar refractivity (Wildman–Crippen MR) is 69.2 cm³/mol. The lowest BCUT2D eigenvalue weighted by Crippen LogP contribution is -1.83. The number of benzene rings is 1. The average molecular weight is 289 g/mol. The molecule has 7 heteroatoms. The number of nitriles is 1. The van der Waals surface area contributed by atoms with Crippen LogP contribution in [0.15, 0.2) is 35.0 Å². The summed E-state index contributed by atoms with van der Waals surface area (Å²) in [5.41, 5.74) is 1.54. The summed E-state index contributed by atoms with van der Waals surface area (Å²) in [6, 6.07) is 7.72. The van der Waals surface area contributed by atoms with Crippen molar-refractivity contribution in [1.82, 2.24) is 15.1 Å². The Kier molecular flexibility index (Phi) is 2.97. The Hall–Kier alpha value is -2.65. The molecule has 1 aromatic carbocycles. The fraction of sp³-hybridized carbons (Fsp3) is 0. The molecule has 1 N–H and O–H groups in total. The Morgan fingerprint density at radius 3 is 2.85 bits per heavy atom. The molecule has 0 spiro atoms. The lowest BCUT2D eigenvalue weighted by Gasteiger charge is -1.96. The Labute approximate surface area is 117 Å². The highest BCUT2D eigenvalue weighted by Crippen LogP contribution is 2.25. The van der Waals surface area contributed by atoms with Crippen molar-refractivity contribution in [3.63, 3.8) is 0 Å². The molecule has 0 atom stereocenters. The first kappa shape index (κ1) is 12.4. The van der Waals surface area contributed by atoms with Gasteiger partial charge in [0.05, 0.1) is 10.6 Å². The summed E-state index contributed by atoms with van der Waals surface area (Å²) in [7, 11) is 0. The molecule has 0 bridgehead atoms. The second kappa shape index (κ2) is 4.79. The highest BCUT2D eigenvalue weighted by molar-refractivity contribution is 6.31. The molecule has 0 saturated carbocycles. The van der Waals surface area contributed by atoms with E-state index in [1.54, 1.807) is 12.3 Å². The Bertz CT molecular complexity index is 818. The fourth-order valence-corrected chi connectivity index (χ4v) is 1.86. The van der Waals surface area contributed by atoms with Gasteiger partial charge in [0.1, 0.15) is 17.6 Å². The minimum atomic E-state index is -0.511. The zero-order chi connectivity index (χ0) is 14.1. The molecule has 0 aliphatic heterocycles. The smallest absolute Gasteiger partial charge is 0.259 e. The van der Waals surface area contributed by atoms with E-state index >= 15 is 0 Å². The first-order chi connectivity index (χ1) is 9.67. The van der Waals surface area contributed by atoms with E-state index in [0.29, 0.717) is 22.6 Å². The van der Waals surface area contributed by atoms with Crippen LogP contribution in [0.4, 0.5) is 4.39 Å². The van der Waals surface area contributed by atoms with E-state index in [9.17, 15) is 4.39 Å². The molecule has 0 aliphatic rings. The van der Waals surface area contributed by atoms with Crippen molar-refractivity contribution in [1.29, 1.82) is 5.26 Å². The van der Waals surface area contributed by atoms with Gasteiger partial charge in [0.2, 0.25) is 5.82 Å². The van der Waals surface area contributed by atoms with Crippen molar-refractivity contribution in [3.8, 4) is 28.9 Å². The zero-order valence-corrected chi connectivity index (χ0v) is 10.6. The summed E-state index contributed by atoms with van der Waals surface area (Å²) in [6.45, 7) is 0. The molecule has 0 fully saturated rings. The third-order valence-corrected chi connectivity index (χ3v) is 2.94. The number of aromatic nitrogens is 3. The highest BCUT2D eigenvalue weighted by Gasteiger charge is 2.13. The van der Waals surface area contributed by atoms with Gasteiger partial charge >= 0.3 is 0 Å². The molecule has 20 heavy (non-hydrogen) atoms. The van der Waals surface area contributed by atoms with Gasteiger partial charge in [0.15, 0.2) is 0 Å². The van der Waals surface area contributed by atoms with Gasteiger partial charge in [-0.25, -0.2) is 4.39 Å². The van der Waals surface area contributed by atoms with Crippen molar-refractivity contribution in [2.75, 3.05) is 0 Å². The molecule has 3 rings (SSSR count). The van der Waals surface area contributed by atoms with Gasteiger partial charge in [-0.1, -0.05) is 16.8 Å². The maximum atomic E-state index is 13.1. The van der Waals surface area contributed by atoms with E-state index in [1.165, 1.54) is 18.2 Å². The number of rotatable bonds is 2. The number of nitrogens with one attached hydrogen (secondary N) is 1. The summed E-state index contributed by atoms with van der Waals surface area (Å²) in [5.74, 6) is 0.0447. The van der Waals surface area contributed by atoms with Gasteiger partial charge in [-0.15, -0.1) is 0 Å². The van der Waals surface area contributed by atoms with E-state index in [1.807, 2.05) is 6.07 Å². The standard InChI is InChI=1S/C13H6ClFN4O/c14-10-4-7(1-2-11(10)15)12-18-13(20-19-12)8-3-9(5-16)17-6-8/h1-4,6,17H. The van der Waals surface area contributed by atoms with Crippen molar-refractivity contribution in [3.05, 3.63) is 47.0 Å². The lowest BCUT2D eigenvalue weighted by atomic mass is 10.2. The average Bonchev–Trinajstić information content (AvgIpc) is 3.09. The van der Waals surface area contributed by atoms with Crippen molar-refractivity contribution >= 4 is 11.6 Å². The molecule has 2 aromatic heterocycles. The summed E-state index contributed by atoms with van der Waals surface area (Å²) in [5, 5.41) is 12.5. The van der Waals surface area contributed by atoms with Crippen LogP contribution in [0.1, 0.15) is 5.69 Å². The molecular formula is C13H6ClFN4O. The number of H-pyrrole nitrogens is 1. The normalized spacial score (nSPS) is 10.4. The van der Waals surface area contributed by atoms with E-state index in [0.717, 1.165) is 0 Å². The number of halogens is 2. The van der Waals surface area contributed by atoms with Crippen LogP contribution in [0.3, 0.4) is 0 Å². The van der Waals surface area contributed by atoms with Gasteiger partial charge in [0, 0.05) is 11.8 Å². The molecule has 0 aliphatic carbocycles. The monoisotopic (exact) mass is 288 g/mol. The van der Waals surface area contributed by atoms with Gasteiger partial charge < -0.3 is 9.51 Å². The summed E-state index contributed by atoms with van der Waals surface area (Å²) >= 11 is 5.71. The van der Waals surface area contributed by atoms with Crippen LogP contribution in [0.5, 0.6) is 0 Å². The van der Waals surface area contributed by atoms with Gasteiger partial charge in [0.25, 0.3) is 5.89 Å². The van der Waals surface area contributed by atoms with E-state index in [-0.39, 0.29) is 10.9 Å². The van der Waals surface area contributed by atoms with Crippen LogP contribution in [0.2, 0.25) is 5.02 Å². The van der Waals surface area contributed by atoms with Gasteiger partial charge in [-0.05, 0) is 24.3 Å². The molecule has 0 radical (unpaired) electrons. The highest BCUT2D eigenvalue weighted by atomic mass is 35.5. The Morgan fingerprint density at radius 2 is 2.15 bits per heavy atom. The molecule has 0 unspecified atom stereocenters. The second-order valence-corrected chi connectivity index (χ2v) is 4.37. The van der Waals surface area contributed by atoms with E-state index in [2.05, 4.69) is 15.1 Å². The van der Waals surface area contributed by atoms with E-state index < -0.39 is 5.82 Å². The molecule has 5 nitrogen and oxygen atoms in total. The Morgan fingerprint density at radius 1 is 1.30 bits per heavy atom. The number of aromatic amines is 1. The largest absolute Gasteiger partial charge is 0.352 e. The summed E-state index contributed by atoms with van der Waals surface area (Å²) in [6.07, 6.45) is 1.59. The predicted octanol–water partition coefficient (Wildman–Crippen LogP) is 3.40. The molecule has 3 aromatic rings. The first-order valence-corrected chi connectivity index (χ1v) is 5.93. The second-order valence-electron chi connectivity index (χ2n) is 3.97. The lowest BCUT2D eigenvalue weighted by molar-refractivity contribution is 0.432. The van der Waals surface area contributed by atoms with Crippen LogP contribution in [-0.2, 0) is 0 Å². The van der Waals surface area contributed by atoms with Crippen LogP contribution in [0, 0.1) is 17.1 Å². The summed E-state index contributed by atoms with van der Waals surface area (Å²) in [4.78, 5) is 6.94. The van der Waals surface area contributed by atoms with Crippen LogP contribution in [-0.4, -0.2) is 15.1 Å². The van der Waals surface area contributed by atoms with Crippen LogP contribution >= 0.6 is 11.6 Å². The molecular weight excluding hydrogens is 283 g/mol. The van der Waals surface area contributed by atoms with Gasteiger partial charge in [-0.2, -0.15) is 10.2 Å². The molecule has 0 saturated heterocycles. The molecule has 0 amide bonds. The van der Waals surface area contributed by atoms with E-state index in [4.69, 9.17) is 21.4 Å². The van der Waals surface area contributed by atoms with Crippen LogP contribution < -0.4 is 0 Å². The van der Waals surface area contributed by atoms with Crippen molar-refractivity contribution < 1.29 is 8.91 Å². The molecule has 2 heterocycles. The first-order valence-electron chi connectivity index (χ1n) is 5.55. The quantitative estimate of drug-likeness (QED) is 0.784. The van der Waals surface area contributed by atoms with Crippen molar-refractivity contribution in [2.24, 2.45) is 0 Å². The topological polar surface area (TPSA) is 78.5 Å². The summed E-state index contributed by atoms with van der Waals surface area (Å²) < 4.78 is 18.2. The Balaban J connectivity index is 1.97. The minimum Gasteiger partial charge on any atom is -0.352 e. The molecule has 98 valence electrons.